The van der Waals surface area contributed by atoms with Gasteiger partial charge in [-0.25, -0.2) is 17.6 Å². The van der Waals surface area contributed by atoms with Crippen molar-refractivity contribution in [1.82, 2.24) is 25.0 Å². The maximum absolute atomic E-state index is 14.0. The summed E-state index contributed by atoms with van der Waals surface area (Å²) in [6.07, 6.45) is 2.74. The molecular weight excluding hydrogens is 453 g/mol. The second kappa shape index (κ2) is 8.99. The number of hydrogen-bond acceptors (Lipinski definition) is 6. The molecule has 12 heteroatoms. The summed E-state index contributed by atoms with van der Waals surface area (Å²) in [5, 5.41) is 3.51. The highest BCUT2D eigenvalue weighted by Gasteiger charge is 2.53. The Labute approximate surface area is 192 Å². The van der Waals surface area contributed by atoms with Crippen LogP contribution in [0.15, 0.2) is 29.2 Å². The van der Waals surface area contributed by atoms with E-state index in [0.717, 1.165) is 23.9 Å². The first kappa shape index (κ1) is 23.6. The summed E-state index contributed by atoms with van der Waals surface area (Å²) in [6, 6.07) is 4.57. The molecule has 1 aromatic rings. The number of nitrogens with zero attached hydrogens (tertiary/aromatic N) is 3. The van der Waals surface area contributed by atoms with Gasteiger partial charge in [0.25, 0.3) is 11.8 Å². The number of rotatable bonds is 5. The Bertz CT molecular complexity index is 1050. The Morgan fingerprint density at radius 3 is 2.42 bits per heavy atom. The second-order valence-electron chi connectivity index (χ2n) is 8.98. The third-order valence-corrected chi connectivity index (χ3v) is 8.61. The highest BCUT2D eigenvalue weighted by molar-refractivity contribution is 7.89. The predicted molar refractivity (Wildman–Crippen MR) is 115 cm³/mol. The SMILES string of the molecule is CC1CCC2(CC1)NC(=O)N(NC(=O)CN1CCN(S(=O)(=O)c3ccccc3F)CC1)C2=O. The van der Waals surface area contributed by atoms with E-state index >= 15 is 0 Å². The van der Waals surface area contributed by atoms with Crippen molar-refractivity contribution in [2.45, 2.75) is 43.0 Å². The molecule has 2 N–H and O–H groups in total. The van der Waals surface area contributed by atoms with Crippen LogP contribution in [0.5, 0.6) is 0 Å². The van der Waals surface area contributed by atoms with Crippen molar-refractivity contribution in [3.05, 3.63) is 30.1 Å². The van der Waals surface area contributed by atoms with Crippen molar-refractivity contribution in [1.29, 1.82) is 0 Å². The molecule has 4 amide bonds. The zero-order valence-electron chi connectivity index (χ0n) is 18.4. The van der Waals surface area contributed by atoms with Crippen molar-refractivity contribution in [3.63, 3.8) is 0 Å². The minimum atomic E-state index is -3.97. The van der Waals surface area contributed by atoms with Gasteiger partial charge in [0, 0.05) is 26.2 Å². The number of piperazine rings is 1. The van der Waals surface area contributed by atoms with Crippen molar-refractivity contribution < 1.29 is 27.2 Å². The Hall–Kier alpha value is -2.57. The molecule has 2 saturated heterocycles. The molecule has 3 aliphatic rings. The zero-order valence-corrected chi connectivity index (χ0v) is 19.2. The number of benzene rings is 1. The average molecular weight is 482 g/mol. The van der Waals surface area contributed by atoms with Gasteiger partial charge in [0.2, 0.25) is 10.0 Å². The van der Waals surface area contributed by atoms with Crippen LogP contribution in [0, 0.1) is 11.7 Å². The number of nitrogens with one attached hydrogen (secondary N) is 2. The summed E-state index contributed by atoms with van der Waals surface area (Å²) < 4.78 is 40.6. The molecule has 0 unspecified atom stereocenters. The van der Waals surface area contributed by atoms with Gasteiger partial charge in [0.05, 0.1) is 6.54 Å². The third kappa shape index (κ3) is 4.59. The molecule has 1 saturated carbocycles. The Morgan fingerprint density at radius 2 is 1.79 bits per heavy atom. The Balaban J connectivity index is 1.30. The lowest BCUT2D eigenvalue weighted by molar-refractivity contribution is -0.140. The molecular formula is C21H28FN5O5S. The van der Waals surface area contributed by atoms with Crippen LogP contribution in [-0.2, 0) is 19.6 Å². The summed E-state index contributed by atoms with van der Waals surface area (Å²) in [7, 11) is -3.97. The number of hydrogen-bond donors (Lipinski definition) is 2. The smallest absolute Gasteiger partial charge is 0.322 e. The summed E-state index contributed by atoms with van der Waals surface area (Å²) >= 11 is 0. The van der Waals surface area contributed by atoms with Crippen LogP contribution in [-0.4, -0.2) is 78.7 Å². The highest BCUT2D eigenvalue weighted by atomic mass is 32.2. The van der Waals surface area contributed by atoms with Gasteiger partial charge in [-0.2, -0.15) is 9.31 Å². The van der Waals surface area contributed by atoms with E-state index in [-0.39, 0.29) is 37.6 Å². The molecule has 4 rings (SSSR count). The molecule has 10 nitrogen and oxygen atoms in total. The maximum Gasteiger partial charge on any atom is 0.344 e. The monoisotopic (exact) mass is 481 g/mol. The highest BCUT2D eigenvalue weighted by Crippen LogP contribution is 2.35. The van der Waals surface area contributed by atoms with Crippen LogP contribution >= 0.6 is 0 Å². The lowest BCUT2D eigenvalue weighted by Gasteiger charge is -2.34. The predicted octanol–water partition coefficient (Wildman–Crippen LogP) is 0.664. The van der Waals surface area contributed by atoms with Crippen LogP contribution in [0.1, 0.15) is 32.6 Å². The third-order valence-electron chi connectivity index (χ3n) is 6.68. The first-order valence-corrected chi connectivity index (χ1v) is 12.5. The van der Waals surface area contributed by atoms with Gasteiger partial charge >= 0.3 is 6.03 Å². The summed E-state index contributed by atoms with van der Waals surface area (Å²) in [5.74, 6) is -1.29. The minimum Gasteiger partial charge on any atom is -0.322 e. The lowest BCUT2D eigenvalue weighted by atomic mass is 9.77. The number of amides is 4. The van der Waals surface area contributed by atoms with E-state index in [0.29, 0.717) is 18.8 Å². The van der Waals surface area contributed by atoms with E-state index < -0.39 is 39.2 Å². The van der Waals surface area contributed by atoms with E-state index in [1.54, 1.807) is 4.90 Å². The number of carbonyl (C=O) groups is 3. The lowest BCUT2D eigenvalue weighted by Crippen LogP contribution is -2.55. The zero-order chi connectivity index (χ0) is 23.8. The van der Waals surface area contributed by atoms with Gasteiger partial charge in [-0.15, -0.1) is 0 Å². The first-order chi connectivity index (χ1) is 15.6. The number of carbonyl (C=O) groups excluding carboxylic acids is 3. The van der Waals surface area contributed by atoms with Crippen LogP contribution in [0.2, 0.25) is 0 Å². The van der Waals surface area contributed by atoms with Crippen LogP contribution < -0.4 is 10.7 Å². The fourth-order valence-corrected chi connectivity index (χ4v) is 6.09. The summed E-state index contributed by atoms with van der Waals surface area (Å²) in [4.78, 5) is 39.1. The number of urea groups is 1. The van der Waals surface area contributed by atoms with Gasteiger partial charge in [-0.3, -0.25) is 19.9 Å². The molecule has 1 aliphatic carbocycles. The molecule has 33 heavy (non-hydrogen) atoms. The van der Waals surface area contributed by atoms with Crippen molar-refractivity contribution in [2.75, 3.05) is 32.7 Å². The fourth-order valence-electron chi connectivity index (χ4n) is 4.60. The molecule has 2 aliphatic heterocycles. The fraction of sp³-hybridized carbons (Fsp3) is 0.571. The minimum absolute atomic E-state index is 0.0916. The molecule has 180 valence electrons. The van der Waals surface area contributed by atoms with Crippen LogP contribution in [0.4, 0.5) is 9.18 Å². The van der Waals surface area contributed by atoms with Gasteiger partial charge < -0.3 is 5.32 Å². The molecule has 0 atom stereocenters. The molecule has 3 fully saturated rings. The van der Waals surface area contributed by atoms with E-state index in [4.69, 9.17) is 0 Å². The van der Waals surface area contributed by atoms with Gasteiger partial charge in [0.1, 0.15) is 16.3 Å². The molecule has 0 bridgehead atoms. The normalized spacial score (nSPS) is 27.1. The molecule has 0 radical (unpaired) electrons. The van der Waals surface area contributed by atoms with E-state index in [1.165, 1.54) is 22.5 Å². The molecule has 1 aromatic carbocycles. The topological polar surface area (TPSA) is 119 Å². The van der Waals surface area contributed by atoms with Gasteiger partial charge in [-0.05, 0) is 43.7 Å². The molecule has 0 aromatic heterocycles. The number of hydrazine groups is 1. The average Bonchev–Trinajstić information content (AvgIpc) is 3.00. The van der Waals surface area contributed by atoms with Crippen molar-refractivity contribution >= 4 is 27.9 Å². The number of halogens is 1. The quantitative estimate of drug-likeness (QED) is 0.597. The Morgan fingerprint density at radius 1 is 1.15 bits per heavy atom. The first-order valence-electron chi connectivity index (χ1n) is 11.1. The van der Waals surface area contributed by atoms with Crippen molar-refractivity contribution in [2.24, 2.45) is 5.92 Å². The summed E-state index contributed by atoms with van der Waals surface area (Å²) in [6.45, 7) is 2.69. The van der Waals surface area contributed by atoms with Gasteiger partial charge in [0.15, 0.2) is 0 Å². The van der Waals surface area contributed by atoms with Gasteiger partial charge in [-0.1, -0.05) is 19.1 Å². The van der Waals surface area contributed by atoms with E-state index in [2.05, 4.69) is 17.7 Å². The second-order valence-corrected chi connectivity index (χ2v) is 10.9. The van der Waals surface area contributed by atoms with Crippen LogP contribution in [0.3, 0.4) is 0 Å². The standard InChI is InChI=1S/C21H28FN5O5S/c1-15-6-8-21(9-7-15)19(29)27(20(30)23-21)24-18(28)14-25-10-12-26(13-11-25)33(31,32)17-5-3-2-4-16(17)22/h2-5,15H,6-14H2,1H3,(H,23,30)(H,24,28). The molecule has 1 spiro atoms. The largest absolute Gasteiger partial charge is 0.344 e. The number of imide groups is 1. The Kier molecular flexibility index (Phi) is 6.43. The summed E-state index contributed by atoms with van der Waals surface area (Å²) in [5.41, 5.74) is 1.45. The van der Waals surface area contributed by atoms with E-state index in [1.807, 2.05) is 0 Å². The van der Waals surface area contributed by atoms with E-state index in [9.17, 15) is 27.2 Å². The number of sulfonamides is 1. The van der Waals surface area contributed by atoms with Crippen LogP contribution in [0.25, 0.3) is 0 Å². The molecule has 2 heterocycles. The maximum atomic E-state index is 14.0. The van der Waals surface area contributed by atoms with Crippen molar-refractivity contribution in [3.8, 4) is 0 Å².